The molecule has 0 fully saturated rings. The zero-order valence-electron chi connectivity index (χ0n) is 12.4. The predicted molar refractivity (Wildman–Crippen MR) is 78.7 cm³/mol. The fourth-order valence-corrected chi connectivity index (χ4v) is 2.09. The van der Waals surface area contributed by atoms with Gasteiger partial charge in [-0.05, 0) is 30.2 Å². The number of aromatic nitrogens is 1. The van der Waals surface area contributed by atoms with Crippen molar-refractivity contribution in [2.45, 2.75) is 26.2 Å². The number of amides is 1. The van der Waals surface area contributed by atoms with Gasteiger partial charge in [0.15, 0.2) is 0 Å². The highest BCUT2D eigenvalue weighted by molar-refractivity contribution is 5.75. The molecule has 1 amide bonds. The van der Waals surface area contributed by atoms with Crippen LogP contribution in [0.25, 0.3) is 0 Å². The Hall–Kier alpha value is -2.57. The molecule has 0 bridgehead atoms. The lowest BCUT2D eigenvalue weighted by atomic mass is 10.1. The Labute approximate surface area is 130 Å². The first-order chi connectivity index (χ1) is 10.8. The molecule has 0 aliphatic carbocycles. The Kier molecular flexibility index (Phi) is 4.88. The maximum atomic E-state index is 12.7. The van der Waals surface area contributed by atoms with Crippen LogP contribution in [-0.2, 0) is 24.1 Å². The Morgan fingerprint density at radius 2 is 1.87 bits per heavy atom. The number of alkyl halides is 3. The minimum atomic E-state index is -4.74. The summed E-state index contributed by atoms with van der Waals surface area (Å²) in [6.45, 7) is 1.67. The lowest BCUT2D eigenvalue weighted by molar-refractivity contribution is -0.139. The van der Waals surface area contributed by atoms with E-state index < -0.39 is 29.8 Å². The number of carbonyl (C=O) groups excluding carboxylic acids is 1. The van der Waals surface area contributed by atoms with Crippen molar-refractivity contribution in [3.05, 3.63) is 69.6 Å². The van der Waals surface area contributed by atoms with Crippen molar-refractivity contribution in [1.29, 1.82) is 0 Å². The highest BCUT2D eigenvalue weighted by Gasteiger charge is 2.34. The summed E-state index contributed by atoms with van der Waals surface area (Å²) in [7, 11) is 0. The Bertz CT molecular complexity index is 766. The standard InChI is InChI=1S/C16H15F3N2O2/c1-11-5-2-3-6-12(11)9-20-14(22)10-21-8-4-7-13(15(21)23)16(17,18)19/h2-8H,9-10H2,1H3,(H,20,22). The first-order valence-corrected chi connectivity index (χ1v) is 6.87. The molecule has 4 nitrogen and oxygen atoms in total. The molecule has 0 atom stereocenters. The molecule has 0 radical (unpaired) electrons. The summed E-state index contributed by atoms with van der Waals surface area (Å²) in [6.07, 6.45) is -3.58. The van der Waals surface area contributed by atoms with Gasteiger partial charge in [0.05, 0.1) is 0 Å². The van der Waals surface area contributed by atoms with E-state index in [9.17, 15) is 22.8 Å². The number of hydrogen-bond donors (Lipinski definition) is 1. The second-order valence-electron chi connectivity index (χ2n) is 5.06. The van der Waals surface area contributed by atoms with Crippen molar-refractivity contribution >= 4 is 5.91 Å². The molecule has 1 N–H and O–H groups in total. The lowest BCUT2D eigenvalue weighted by Gasteiger charge is -2.11. The molecule has 1 aromatic carbocycles. The van der Waals surface area contributed by atoms with Gasteiger partial charge in [0.2, 0.25) is 5.91 Å². The van der Waals surface area contributed by atoms with Crippen molar-refractivity contribution in [2.24, 2.45) is 0 Å². The van der Waals surface area contributed by atoms with E-state index >= 15 is 0 Å². The number of nitrogens with zero attached hydrogens (tertiary/aromatic N) is 1. The molecule has 23 heavy (non-hydrogen) atoms. The van der Waals surface area contributed by atoms with Gasteiger partial charge in [0.1, 0.15) is 12.1 Å². The Balaban J connectivity index is 2.07. The summed E-state index contributed by atoms with van der Waals surface area (Å²) in [5.41, 5.74) is -0.626. The van der Waals surface area contributed by atoms with E-state index in [1.807, 2.05) is 31.2 Å². The van der Waals surface area contributed by atoms with Crippen LogP contribution >= 0.6 is 0 Å². The summed E-state index contributed by atoms with van der Waals surface area (Å²) in [4.78, 5) is 23.6. The summed E-state index contributed by atoms with van der Waals surface area (Å²) >= 11 is 0. The van der Waals surface area contributed by atoms with Crippen molar-refractivity contribution in [3.8, 4) is 0 Å². The molecule has 0 saturated carbocycles. The van der Waals surface area contributed by atoms with Crippen molar-refractivity contribution in [1.82, 2.24) is 9.88 Å². The number of aryl methyl sites for hydroxylation is 1. The summed E-state index contributed by atoms with van der Waals surface area (Å²) in [5, 5.41) is 2.59. The Morgan fingerprint density at radius 1 is 1.17 bits per heavy atom. The number of rotatable bonds is 4. The van der Waals surface area contributed by atoms with Gasteiger partial charge in [0.25, 0.3) is 5.56 Å². The van der Waals surface area contributed by atoms with Crippen molar-refractivity contribution in [2.75, 3.05) is 0 Å². The van der Waals surface area contributed by atoms with E-state index in [0.29, 0.717) is 6.07 Å². The summed E-state index contributed by atoms with van der Waals surface area (Å²) in [6, 6.07) is 9.21. The predicted octanol–water partition coefficient (Wildman–Crippen LogP) is 2.49. The van der Waals surface area contributed by atoms with Crippen LogP contribution in [-0.4, -0.2) is 10.5 Å². The number of pyridine rings is 1. The van der Waals surface area contributed by atoms with E-state index in [4.69, 9.17) is 0 Å². The van der Waals surface area contributed by atoms with E-state index in [2.05, 4.69) is 5.32 Å². The van der Waals surface area contributed by atoms with E-state index in [-0.39, 0.29) is 6.54 Å². The van der Waals surface area contributed by atoms with Crippen molar-refractivity contribution in [3.63, 3.8) is 0 Å². The molecule has 0 aliphatic heterocycles. The van der Waals surface area contributed by atoms with E-state index in [1.165, 1.54) is 0 Å². The quantitative estimate of drug-likeness (QED) is 0.939. The molecule has 0 unspecified atom stereocenters. The minimum absolute atomic E-state index is 0.249. The fraction of sp³-hybridized carbons (Fsp3) is 0.250. The van der Waals surface area contributed by atoms with Gasteiger partial charge in [-0.25, -0.2) is 0 Å². The third-order valence-electron chi connectivity index (χ3n) is 3.38. The number of halogens is 3. The molecular weight excluding hydrogens is 309 g/mol. The third-order valence-corrected chi connectivity index (χ3v) is 3.38. The highest BCUT2D eigenvalue weighted by atomic mass is 19.4. The van der Waals surface area contributed by atoms with Gasteiger partial charge in [-0.1, -0.05) is 24.3 Å². The first kappa shape index (κ1) is 16.8. The highest BCUT2D eigenvalue weighted by Crippen LogP contribution is 2.25. The van der Waals surface area contributed by atoms with E-state index in [1.54, 1.807) is 0 Å². The summed E-state index contributed by atoms with van der Waals surface area (Å²) in [5.74, 6) is -0.533. The second-order valence-corrected chi connectivity index (χ2v) is 5.06. The van der Waals surface area contributed by atoms with Crippen LogP contribution in [0.5, 0.6) is 0 Å². The minimum Gasteiger partial charge on any atom is -0.350 e. The van der Waals surface area contributed by atoms with Gasteiger partial charge in [-0.3, -0.25) is 9.59 Å². The van der Waals surface area contributed by atoms with E-state index in [0.717, 1.165) is 28.0 Å². The molecule has 2 rings (SSSR count). The van der Waals surface area contributed by atoms with Crippen LogP contribution in [0.3, 0.4) is 0 Å². The van der Waals surface area contributed by atoms with Crippen LogP contribution in [0.1, 0.15) is 16.7 Å². The number of benzene rings is 1. The zero-order chi connectivity index (χ0) is 17.0. The molecule has 0 aliphatic rings. The van der Waals surface area contributed by atoms with Gasteiger partial charge < -0.3 is 9.88 Å². The fourth-order valence-electron chi connectivity index (χ4n) is 2.09. The van der Waals surface area contributed by atoms with Crippen LogP contribution in [0.15, 0.2) is 47.4 Å². The zero-order valence-corrected chi connectivity index (χ0v) is 12.4. The second kappa shape index (κ2) is 6.68. The third kappa shape index (κ3) is 4.21. The normalized spacial score (nSPS) is 11.3. The van der Waals surface area contributed by atoms with Crippen LogP contribution in [0, 0.1) is 6.92 Å². The smallest absolute Gasteiger partial charge is 0.350 e. The molecule has 122 valence electrons. The van der Waals surface area contributed by atoms with Crippen LogP contribution < -0.4 is 10.9 Å². The average Bonchev–Trinajstić information content (AvgIpc) is 2.47. The molecule has 0 saturated heterocycles. The molecule has 1 heterocycles. The summed E-state index contributed by atoms with van der Waals surface area (Å²) < 4.78 is 38.7. The number of carbonyl (C=O) groups is 1. The molecule has 7 heteroatoms. The topological polar surface area (TPSA) is 51.1 Å². The largest absolute Gasteiger partial charge is 0.421 e. The van der Waals surface area contributed by atoms with Crippen LogP contribution in [0.4, 0.5) is 13.2 Å². The van der Waals surface area contributed by atoms with Gasteiger partial charge >= 0.3 is 6.18 Å². The van der Waals surface area contributed by atoms with Crippen molar-refractivity contribution < 1.29 is 18.0 Å². The van der Waals surface area contributed by atoms with Crippen LogP contribution in [0.2, 0.25) is 0 Å². The molecular formula is C16H15F3N2O2. The first-order valence-electron chi connectivity index (χ1n) is 6.87. The molecule has 0 spiro atoms. The maximum Gasteiger partial charge on any atom is 0.421 e. The molecule has 2 aromatic rings. The van der Waals surface area contributed by atoms with Gasteiger partial charge in [0, 0.05) is 12.7 Å². The average molecular weight is 324 g/mol. The van der Waals surface area contributed by atoms with Gasteiger partial charge in [-0.2, -0.15) is 13.2 Å². The number of nitrogens with one attached hydrogen (secondary N) is 1. The Morgan fingerprint density at radius 3 is 2.52 bits per heavy atom. The maximum absolute atomic E-state index is 12.7. The number of hydrogen-bond acceptors (Lipinski definition) is 2. The SMILES string of the molecule is Cc1ccccc1CNC(=O)Cn1cccc(C(F)(F)F)c1=O. The lowest BCUT2D eigenvalue weighted by Crippen LogP contribution is -2.34. The monoisotopic (exact) mass is 324 g/mol. The molecule has 1 aromatic heterocycles. The van der Waals surface area contributed by atoms with Gasteiger partial charge in [-0.15, -0.1) is 0 Å².